The highest BCUT2D eigenvalue weighted by atomic mass is 16.5. The quantitative estimate of drug-likeness (QED) is 0.754. The first-order valence-corrected chi connectivity index (χ1v) is 7.92. The highest BCUT2D eigenvalue weighted by Crippen LogP contribution is 2.21. The molecule has 0 radical (unpaired) electrons. The molecule has 134 valence electrons. The minimum atomic E-state index is -1.04. The Balaban J connectivity index is 1.88. The van der Waals surface area contributed by atoms with Gasteiger partial charge in [-0.2, -0.15) is 4.98 Å². The molecule has 0 atom stereocenters. The summed E-state index contributed by atoms with van der Waals surface area (Å²) in [5.41, 5.74) is 1.41. The van der Waals surface area contributed by atoms with E-state index in [1.807, 2.05) is 13.8 Å². The van der Waals surface area contributed by atoms with E-state index in [0.29, 0.717) is 29.6 Å². The van der Waals surface area contributed by atoms with E-state index in [4.69, 9.17) is 14.4 Å². The van der Waals surface area contributed by atoms with Crippen molar-refractivity contribution >= 4 is 17.6 Å². The van der Waals surface area contributed by atoms with Crippen LogP contribution in [0.1, 0.15) is 43.5 Å². The maximum atomic E-state index is 12.1. The Kier molecular flexibility index (Phi) is 6.10. The zero-order valence-electron chi connectivity index (χ0n) is 14.4. The number of hydrogen-bond donors (Lipinski definition) is 2. The number of ether oxygens (including phenoxy) is 1. The van der Waals surface area contributed by atoms with E-state index >= 15 is 0 Å². The normalized spacial score (nSPS) is 10.7. The standard InChI is InChI=1S/C17H21N3O5/c1-10(2)17-19-15(25-20-17)7-6-14(21)18-13-5-4-12(8-11(13)3)24-9-16(22)23/h4-5,8,10H,6-7,9H2,1-3H3,(H,18,21)(H,22,23). The number of benzene rings is 1. The van der Waals surface area contributed by atoms with Crippen LogP contribution in [0.4, 0.5) is 5.69 Å². The number of anilines is 1. The van der Waals surface area contributed by atoms with Gasteiger partial charge in [0.05, 0.1) is 0 Å². The van der Waals surface area contributed by atoms with Gasteiger partial charge < -0.3 is 19.7 Å². The molecule has 0 spiro atoms. The predicted molar refractivity (Wildman–Crippen MR) is 89.6 cm³/mol. The van der Waals surface area contributed by atoms with Crippen molar-refractivity contribution in [2.45, 2.75) is 39.5 Å². The molecule has 0 saturated heterocycles. The minimum absolute atomic E-state index is 0.174. The second-order valence-corrected chi connectivity index (χ2v) is 5.91. The number of carboxylic acids is 1. The second-order valence-electron chi connectivity index (χ2n) is 5.91. The number of carboxylic acid groups (broad SMARTS) is 1. The molecule has 0 saturated carbocycles. The van der Waals surface area contributed by atoms with Crippen LogP contribution in [-0.4, -0.2) is 33.7 Å². The molecule has 8 heteroatoms. The largest absolute Gasteiger partial charge is 0.482 e. The van der Waals surface area contributed by atoms with Crippen LogP contribution in [0, 0.1) is 6.92 Å². The molecule has 0 bridgehead atoms. The van der Waals surface area contributed by atoms with Gasteiger partial charge in [-0.25, -0.2) is 4.79 Å². The van der Waals surface area contributed by atoms with Gasteiger partial charge in [0.25, 0.3) is 0 Å². The van der Waals surface area contributed by atoms with E-state index in [9.17, 15) is 9.59 Å². The first kappa shape index (κ1) is 18.4. The molecule has 0 fully saturated rings. The maximum absolute atomic E-state index is 12.1. The van der Waals surface area contributed by atoms with Gasteiger partial charge in [0, 0.05) is 24.4 Å². The molecule has 2 aromatic rings. The topological polar surface area (TPSA) is 115 Å². The fraction of sp³-hybridized carbons (Fsp3) is 0.412. The number of hydrogen-bond acceptors (Lipinski definition) is 6. The molecule has 1 aromatic heterocycles. The summed E-state index contributed by atoms with van der Waals surface area (Å²) in [5, 5.41) is 15.3. The molecular formula is C17H21N3O5. The van der Waals surface area contributed by atoms with Gasteiger partial charge in [-0.3, -0.25) is 4.79 Å². The highest BCUT2D eigenvalue weighted by Gasteiger charge is 2.12. The van der Waals surface area contributed by atoms with E-state index in [-0.39, 0.29) is 18.2 Å². The predicted octanol–water partition coefficient (Wildman–Crippen LogP) is 2.54. The average molecular weight is 347 g/mol. The molecule has 0 unspecified atom stereocenters. The first-order valence-electron chi connectivity index (χ1n) is 7.92. The van der Waals surface area contributed by atoms with Crippen LogP contribution in [0.15, 0.2) is 22.7 Å². The van der Waals surface area contributed by atoms with Crippen LogP contribution in [0.25, 0.3) is 0 Å². The van der Waals surface area contributed by atoms with Crippen molar-refractivity contribution in [1.82, 2.24) is 10.1 Å². The van der Waals surface area contributed by atoms with Gasteiger partial charge in [0.1, 0.15) is 5.75 Å². The van der Waals surface area contributed by atoms with Crippen molar-refractivity contribution in [3.63, 3.8) is 0 Å². The zero-order chi connectivity index (χ0) is 18.4. The fourth-order valence-electron chi connectivity index (χ4n) is 2.05. The number of aliphatic carboxylic acids is 1. The SMILES string of the molecule is Cc1cc(OCC(=O)O)ccc1NC(=O)CCc1nc(C(C)C)no1. The Morgan fingerprint density at radius 2 is 2.12 bits per heavy atom. The highest BCUT2D eigenvalue weighted by molar-refractivity contribution is 5.91. The summed E-state index contributed by atoms with van der Waals surface area (Å²) in [7, 11) is 0. The summed E-state index contributed by atoms with van der Waals surface area (Å²) in [5.74, 6) is 0.459. The van der Waals surface area contributed by atoms with E-state index in [1.54, 1.807) is 25.1 Å². The fourth-order valence-corrected chi connectivity index (χ4v) is 2.05. The van der Waals surface area contributed by atoms with Crippen LogP contribution in [-0.2, 0) is 16.0 Å². The molecule has 0 aliphatic carbocycles. The van der Waals surface area contributed by atoms with Gasteiger partial charge >= 0.3 is 5.97 Å². The number of nitrogens with zero attached hydrogens (tertiary/aromatic N) is 2. The Hall–Kier alpha value is -2.90. The Bertz CT molecular complexity index is 754. The van der Waals surface area contributed by atoms with Gasteiger partial charge in [0.2, 0.25) is 11.8 Å². The van der Waals surface area contributed by atoms with Crippen molar-refractivity contribution in [1.29, 1.82) is 0 Å². The average Bonchev–Trinajstić information content (AvgIpc) is 3.02. The molecule has 25 heavy (non-hydrogen) atoms. The second kappa shape index (κ2) is 8.27. The molecule has 1 heterocycles. The number of aromatic nitrogens is 2. The van der Waals surface area contributed by atoms with Crippen LogP contribution in [0.5, 0.6) is 5.75 Å². The summed E-state index contributed by atoms with van der Waals surface area (Å²) in [6, 6.07) is 4.96. The lowest BCUT2D eigenvalue weighted by molar-refractivity contribution is -0.139. The third-order valence-electron chi connectivity index (χ3n) is 3.40. The van der Waals surface area contributed by atoms with Crippen molar-refractivity contribution in [3.05, 3.63) is 35.5 Å². The molecule has 2 rings (SSSR count). The van der Waals surface area contributed by atoms with Crippen LogP contribution in [0.2, 0.25) is 0 Å². The first-order chi connectivity index (χ1) is 11.8. The Morgan fingerprint density at radius 1 is 1.36 bits per heavy atom. The Labute approximate surface area is 145 Å². The van der Waals surface area contributed by atoms with Crippen molar-refractivity contribution in [2.75, 3.05) is 11.9 Å². The van der Waals surface area contributed by atoms with E-state index in [0.717, 1.165) is 5.56 Å². The molecule has 1 amide bonds. The summed E-state index contributed by atoms with van der Waals surface area (Å²) in [4.78, 5) is 26.8. The van der Waals surface area contributed by atoms with Crippen LogP contribution in [0.3, 0.4) is 0 Å². The zero-order valence-corrected chi connectivity index (χ0v) is 14.4. The third-order valence-corrected chi connectivity index (χ3v) is 3.40. The number of amides is 1. The summed E-state index contributed by atoms with van der Waals surface area (Å²) >= 11 is 0. The van der Waals surface area contributed by atoms with Gasteiger partial charge in [-0.05, 0) is 30.7 Å². The van der Waals surface area contributed by atoms with Crippen LogP contribution >= 0.6 is 0 Å². The number of carbonyl (C=O) groups excluding carboxylic acids is 1. The molecule has 0 aliphatic rings. The van der Waals surface area contributed by atoms with Crippen molar-refractivity contribution < 1.29 is 24.0 Å². The number of carbonyl (C=O) groups is 2. The maximum Gasteiger partial charge on any atom is 0.341 e. The van der Waals surface area contributed by atoms with Crippen LogP contribution < -0.4 is 10.1 Å². The number of nitrogens with one attached hydrogen (secondary N) is 1. The molecular weight excluding hydrogens is 326 g/mol. The molecule has 0 aliphatic heterocycles. The smallest absolute Gasteiger partial charge is 0.341 e. The monoisotopic (exact) mass is 347 g/mol. The van der Waals surface area contributed by atoms with Crippen molar-refractivity contribution in [3.8, 4) is 5.75 Å². The molecule has 8 nitrogen and oxygen atoms in total. The lowest BCUT2D eigenvalue weighted by atomic mass is 10.2. The molecule has 2 N–H and O–H groups in total. The number of rotatable bonds is 8. The van der Waals surface area contributed by atoms with E-state index < -0.39 is 12.6 Å². The third kappa shape index (κ3) is 5.59. The number of aryl methyl sites for hydroxylation is 2. The summed E-state index contributed by atoms with van der Waals surface area (Å²) < 4.78 is 10.2. The lowest BCUT2D eigenvalue weighted by Crippen LogP contribution is -2.13. The lowest BCUT2D eigenvalue weighted by Gasteiger charge is -2.10. The van der Waals surface area contributed by atoms with E-state index in [2.05, 4.69) is 15.5 Å². The van der Waals surface area contributed by atoms with Crippen molar-refractivity contribution in [2.24, 2.45) is 0 Å². The minimum Gasteiger partial charge on any atom is -0.482 e. The Morgan fingerprint density at radius 3 is 2.72 bits per heavy atom. The van der Waals surface area contributed by atoms with E-state index in [1.165, 1.54) is 0 Å². The van der Waals surface area contributed by atoms with Gasteiger partial charge in [0.15, 0.2) is 12.4 Å². The summed E-state index contributed by atoms with van der Waals surface area (Å²) in [6.45, 7) is 5.33. The summed E-state index contributed by atoms with van der Waals surface area (Å²) in [6.07, 6.45) is 0.584. The van der Waals surface area contributed by atoms with Gasteiger partial charge in [-0.15, -0.1) is 0 Å². The molecule has 1 aromatic carbocycles. The van der Waals surface area contributed by atoms with Gasteiger partial charge in [-0.1, -0.05) is 19.0 Å².